The minimum absolute atomic E-state index is 0.840. The van der Waals surface area contributed by atoms with Gasteiger partial charge in [-0.25, -0.2) is 9.97 Å². The van der Waals surface area contributed by atoms with Gasteiger partial charge in [0, 0.05) is 56.1 Å². The molecule has 0 atom stereocenters. The van der Waals surface area contributed by atoms with Crippen molar-refractivity contribution < 1.29 is 0 Å². The molecule has 5 nitrogen and oxygen atoms in total. The highest BCUT2D eigenvalue weighted by molar-refractivity contribution is 7.17. The SMILES string of the molecule is Cc1nc(N2CCN(Cc3cccnc3)CC2)c2c(-c3ccccc3)csc2n1. The van der Waals surface area contributed by atoms with Crippen molar-refractivity contribution in [3.63, 3.8) is 0 Å². The van der Waals surface area contributed by atoms with E-state index in [1.165, 1.54) is 22.1 Å². The Hall–Kier alpha value is -2.83. The molecule has 1 fully saturated rings. The van der Waals surface area contributed by atoms with Gasteiger partial charge in [0.1, 0.15) is 16.5 Å². The van der Waals surface area contributed by atoms with Crippen LogP contribution in [0.1, 0.15) is 11.4 Å². The number of fused-ring (bicyclic) bond motifs is 1. The lowest BCUT2D eigenvalue weighted by Gasteiger charge is -2.35. The Morgan fingerprint density at radius 3 is 2.55 bits per heavy atom. The maximum absolute atomic E-state index is 4.89. The zero-order chi connectivity index (χ0) is 19.6. The van der Waals surface area contributed by atoms with Crippen molar-refractivity contribution in [1.29, 1.82) is 0 Å². The third-order valence-electron chi connectivity index (χ3n) is 5.41. The maximum atomic E-state index is 4.89. The molecule has 1 aliphatic heterocycles. The van der Waals surface area contributed by atoms with E-state index in [0.717, 1.165) is 49.2 Å². The Morgan fingerprint density at radius 2 is 1.79 bits per heavy atom. The fraction of sp³-hybridized carbons (Fsp3) is 0.261. The van der Waals surface area contributed by atoms with E-state index in [0.29, 0.717) is 0 Å². The summed E-state index contributed by atoms with van der Waals surface area (Å²) in [6, 6.07) is 14.7. The number of piperazine rings is 1. The predicted molar refractivity (Wildman–Crippen MR) is 119 cm³/mol. The number of pyridine rings is 1. The second kappa shape index (κ2) is 7.89. The monoisotopic (exact) mass is 401 g/mol. The van der Waals surface area contributed by atoms with Crippen molar-refractivity contribution in [1.82, 2.24) is 19.9 Å². The molecule has 4 aromatic rings. The minimum atomic E-state index is 0.840. The quantitative estimate of drug-likeness (QED) is 0.508. The average Bonchev–Trinajstić information content (AvgIpc) is 3.19. The number of benzene rings is 1. The molecule has 1 saturated heterocycles. The van der Waals surface area contributed by atoms with Crippen molar-refractivity contribution in [2.75, 3.05) is 31.1 Å². The first-order valence-electron chi connectivity index (χ1n) is 9.95. The van der Waals surface area contributed by atoms with E-state index in [4.69, 9.17) is 9.97 Å². The molecule has 3 aromatic heterocycles. The topological polar surface area (TPSA) is 45.2 Å². The van der Waals surface area contributed by atoms with E-state index in [2.05, 4.69) is 56.6 Å². The molecule has 1 aromatic carbocycles. The van der Waals surface area contributed by atoms with Gasteiger partial charge < -0.3 is 4.90 Å². The van der Waals surface area contributed by atoms with Gasteiger partial charge in [-0.05, 0) is 24.1 Å². The molecule has 0 radical (unpaired) electrons. The van der Waals surface area contributed by atoms with Gasteiger partial charge in [-0.15, -0.1) is 11.3 Å². The normalized spacial score (nSPS) is 15.1. The standard InChI is InChI=1S/C23H23N5S/c1-17-25-22(21-20(16-29-23(21)26-17)19-7-3-2-4-8-19)28-12-10-27(11-13-28)15-18-6-5-9-24-14-18/h2-9,14,16H,10-13,15H2,1H3. The van der Waals surface area contributed by atoms with Crippen LogP contribution in [0.4, 0.5) is 5.82 Å². The Bertz CT molecular complexity index is 1100. The van der Waals surface area contributed by atoms with Crippen LogP contribution < -0.4 is 4.90 Å². The fourth-order valence-corrected chi connectivity index (χ4v) is 4.94. The number of rotatable bonds is 4. The molecule has 0 spiro atoms. The molecule has 0 aliphatic carbocycles. The zero-order valence-corrected chi connectivity index (χ0v) is 17.3. The van der Waals surface area contributed by atoms with E-state index in [1.807, 2.05) is 25.4 Å². The Labute approximate surface area is 174 Å². The summed E-state index contributed by atoms with van der Waals surface area (Å²) in [7, 11) is 0. The second-order valence-electron chi connectivity index (χ2n) is 7.41. The van der Waals surface area contributed by atoms with Crippen LogP contribution in [-0.2, 0) is 6.54 Å². The molecule has 29 heavy (non-hydrogen) atoms. The van der Waals surface area contributed by atoms with Gasteiger partial charge in [0.15, 0.2) is 0 Å². The van der Waals surface area contributed by atoms with Crippen LogP contribution in [-0.4, -0.2) is 46.0 Å². The summed E-state index contributed by atoms with van der Waals surface area (Å²) in [6.45, 7) is 6.91. The summed E-state index contributed by atoms with van der Waals surface area (Å²) in [5.74, 6) is 1.92. The highest BCUT2D eigenvalue weighted by Crippen LogP contribution is 2.38. The molecular formula is C23H23N5S. The summed E-state index contributed by atoms with van der Waals surface area (Å²) in [5, 5.41) is 3.41. The van der Waals surface area contributed by atoms with Crippen LogP contribution in [0.25, 0.3) is 21.3 Å². The molecule has 0 N–H and O–H groups in total. The first-order chi connectivity index (χ1) is 14.3. The molecule has 0 unspecified atom stereocenters. The van der Waals surface area contributed by atoms with Gasteiger partial charge in [0.25, 0.3) is 0 Å². The van der Waals surface area contributed by atoms with Crippen molar-refractivity contribution >= 4 is 27.4 Å². The van der Waals surface area contributed by atoms with Crippen molar-refractivity contribution in [3.8, 4) is 11.1 Å². The van der Waals surface area contributed by atoms with Gasteiger partial charge in [-0.3, -0.25) is 9.88 Å². The predicted octanol–water partition coefficient (Wildman–Crippen LogP) is 4.38. The molecular weight excluding hydrogens is 378 g/mol. The van der Waals surface area contributed by atoms with E-state index in [1.54, 1.807) is 11.3 Å². The minimum Gasteiger partial charge on any atom is -0.353 e. The highest BCUT2D eigenvalue weighted by atomic mass is 32.1. The van der Waals surface area contributed by atoms with Gasteiger partial charge in [-0.2, -0.15) is 0 Å². The van der Waals surface area contributed by atoms with Crippen molar-refractivity contribution in [2.45, 2.75) is 13.5 Å². The third kappa shape index (κ3) is 3.73. The first-order valence-corrected chi connectivity index (χ1v) is 10.8. The highest BCUT2D eigenvalue weighted by Gasteiger charge is 2.23. The number of hydrogen-bond donors (Lipinski definition) is 0. The van der Waals surface area contributed by atoms with Gasteiger partial charge >= 0.3 is 0 Å². The molecule has 5 rings (SSSR count). The fourth-order valence-electron chi connectivity index (χ4n) is 3.95. The number of aryl methyl sites for hydroxylation is 1. The van der Waals surface area contributed by atoms with E-state index < -0.39 is 0 Å². The van der Waals surface area contributed by atoms with E-state index in [-0.39, 0.29) is 0 Å². The third-order valence-corrected chi connectivity index (χ3v) is 6.28. The van der Waals surface area contributed by atoms with Crippen molar-refractivity contribution in [3.05, 3.63) is 71.6 Å². The number of hydrogen-bond acceptors (Lipinski definition) is 6. The molecule has 146 valence electrons. The largest absolute Gasteiger partial charge is 0.353 e. The second-order valence-corrected chi connectivity index (χ2v) is 8.27. The Morgan fingerprint density at radius 1 is 0.966 bits per heavy atom. The average molecular weight is 402 g/mol. The van der Waals surface area contributed by atoms with Gasteiger partial charge in [0.2, 0.25) is 0 Å². The smallest absolute Gasteiger partial charge is 0.141 e. The lowest BCUT2D eigenvalue weighted by Crippen LogP contribution is -2.46. The van der Waals surface area contributed by atoms with Gasteiger partial charge in [-0.1, -0.05) is 36.4 Å². The van der Waals surface area contributed by atoms with Crippen LogP contribution in [0, 0.1) is 6.92 Å². The van der Waals surface area contributed by atoms with Crippen LogP contribution in [0.5, 0.6) is 0 Å². The number of aromatic nitrogens is 3. The molecule has 4 heterocycles. The lowest BCUT2D eigenvalue weighted by molar-refractivity contribution is 0.249. The molecule has 6 heteroatoms. The number of anilines is 1. The maximum Gasteiger partial charge on any atom is 0.141 e. The summed E-state index contributed by atoms with van der Waals surface area (Å²) in [4.78, 5) is 19.8. The summed E-state index contributed by atoms with van der Waals surface area (Å²) in [6.07, 6.45) is 3.79. The molecule has 1 aliphatic rings. The van der Waals surface area contributed by atoms with Crippen LogP contribution in [0.3, 0.4) is 0 Å². The van der Waals surface area contributed by atoms with E-state index >= 15 is 0 Å². The van der Waals surface area contributed by atoms with Gasteiger partial charge in [0.05, 0.1) is 5.39 Å². The Balaban J connectivity index is 1.42. The van der Waals surface area contributed by atoms with E-state index in [9.17, 15) is 0 Å². The Kier molecular flexibility index (Phi) is 4.96. The van der Waals surface area contributed by atoms with Crippen molar-refractivity contribution in [2.24, 2.45) is 0 Å². The van der Waals surface area contributed by atoms with Crippen LogP contribution >= 0.6 is 11.3 Å². The van der Waals surface area contributed by atoms with Crippen LogP contribution in [0.2, 0.25) is 0 Å². The zero-order valence-electron chi connectivity index (χ0n) is 16.5. The van der Waals surface area contributed by atoms with Crippen LogP contribution in [0.15, 0.2) is 60.2 Å². The summed E-state index contributed by atoms with van der Waals surface area (Å²) >= 11 is 1.71. The molecule has 0 saturated carbocycles. The first kappa shape index (κ1) is 18.2. The number of thiophene rings is 1. The number of nitrogens with zero attached hydrogens (tertiary/aromatic N) is 5. The summed E-state index contributed by atoms with van der Waals surface area (Å²) in [5.41, 5.74) is 3.73. The molecule has 0 bridgehead atoms. The summed E-state index contributed by atoms with van der Waals surface area (Å²) < 4.78 is 0. The molecule has 0 amide bonds. The lowest BCUT2D eigenvalue weighted by atomic mass is 10.1.